The Balaban J connectivity index is 1.15. The number of hydrogen-bond donors (Lipinski definition) is 3. The van der Waals surface area contributed by atoms with Crippen LogP contribution in [0.15, 0.2) is 72.8 Å². The van der Waals surface area contributed by atoms with E-state index in [0.29, 0.717) is 43.4 Å². The van der Waals surface area contributed by atoms with E-state index in [4.69, 9.17) is 4.74 Å². The summed E-state index contributed by atoms with van der Waals surface area (Å²) < 4.78 is 5.80. The fraction of sp³-hybridized carbons (Fsp3) is 0.364. The van der Waals surface area contributed by atoms with Crippen molar-refractivity contribution >= 4 is 5.97 Å². The number of likely N-dealkylation sites (tertiary alicyclic amines) is 1. The van der Waals surface area contributed by atoms with Crippen molar-refractivity contribution in [3.63, 3.8) is 0 Å². The Kier molecular flexibility index (Phi) is 8.69. The highest BCUT2D eigenvalue weighted by Gasteiger charge is 2.41. The molecule has 0 spiro atoms. The molecule has 0 amide bonds. The third kappa shape index (κ3) is 6.95. The number of phenols is 1. The Morgan fingerprint density at radius 3 is 2.39 bits per heavy atom. The highest BCUT2D eigenvalue weighted by Crippen LogP contribution is 2.36. The van der Waals surface area contributed by atoms with Gasteiger partial charge in [-0.25, -0.2) is 4.98 Å². The van der Waals surface area contributed by atoms with Crippen molar-refractivity contribution in [1.82, 2.24) is 20.1 Å². The Hall–Kier alpha value is -4.17. The Labute approximate surface area is 241 Å². The molecule has 0 atom stereocenters. The van der Waals surface area contributed by atoms with Crippen molar-refractivity contribution in [3.05, 3.63) is 83.9 Å². The van der Waals surface area contributed by atoms with Gasteiger partial charge in [0.2, 0.25) is 0 Å². The first kappa shape index (κ1) is 28.4. The quantitative estimate of drug-likeness (QED) is 0.203. The minimum Gasteiger partial charge on any atom is -0.508 e. The third-order valence-electron chi connectivity index (χ3n) is 7.95. The number of hydrogen-bond acceptors (Lipinski definition) is 6. The molecule has 214 valence electrons. The van der Waals surface area contributed by atoms with Gasteiger partial charge in [-0.3, -0.25) is 14.8 Å². The zero-order chi connectivity index (χ0) is 28.8. The van der Waals surface area contributed by atoms with E-state index in [0.717, 1.165) is 54.1 Å². The Morgan fingerprint density at radius 2 is 1.73 bits per heavy atom. The molecule has 1 aliphatic rings. The van der Waals surface area contributed by atoms with Crippen LogP contribution in [-0.4, -0.2) is 56.0 Å². The van der Waals surface area contributed by atoms with Crippen LogP contribution in [0.1, 0.15) is 44.2 Å². The second-order valence-electron chi connectivity index (χ2n) is 11.4. The number of rotatable bonds is 11. The summed E-state index contributed by atoms with van der Waals surface area (Å²) in [7, 11) is 0. The fourth-order valence-electron chi connectivity index (χ4n) is 5.45. The lowest BCUT2D eigenvalue weighted by Crippen LogP contribution is -2.44. The van der Waals surface area contributed by atoms with Crippen LogP contribution in [0.5, 0.6) is 11.5 Å². The van der Waals surface area contributed by atoms with E-state index in [2.05, 4.69) is 46.1 Å². The van der Waals surface area contributed by atoms with Crippen molar-refractivity contribution in [2.45, 2.75) is 46.1 Å². The van der Waals surface area contributed by atoms with Gasteiger partial charge >= 0.3 is 5.97 Å². The van der Waals surface area contributed by atoms with E-state index in [-0.39, 0.29) is 5.75 Å². The molecule has 8 heteroatoms. The SMILES string of the molecule is CC(C)Cc1ccc(-c2n[nH]c(-c3ccc(CN4CCC(CCOc5ccccc5)(C(=O)O)CC4)cc3)n2)cc1O. The van der Waals surface area contributed by atoms with E-state index in [9.17, 15) is 15.0 Å². The number of piperidine rings is 1. The van der Waals surface area contributed by atoms with Gasteiger partial charge in [-0.15, -0.1) is 0 Å². The molecule has 0 aliphatic carbocycles. The monoisotopic (exact) mass is 554 g/mol. The highest BCUT2D eigenvalue weighted by atomic mass is 16.5. The molecule has 0 unspecified atom stereocenters. The maximum Gasteiger partial charge on any atom is 0.309 e. The van der Waals surface area contributed by atoms with E-state index < -0.39 is 11.4 Å². The number of nitrogens with zero attached hydrogens (tertiary/aromatic N) is 3. The van der Waals surface area contributed by atoms with Gasteiger partial charge < -0.3 is 14.9 Å². The molecule has 1 fully saturated rings. The van der Waals surface area contributed by atoms with Crippen molar-refractivity contribution in [3.8, 4) is 34.3 Å². The number of phenolic OH excluding ortho intramolecular Hbond substituents is 1. The number of ether oxygens (including phenoxy) is 1. The molecule has 0 bridgehead atoms. The molecule has 1 aromatic heterocycles. The zero-order valence-corrected chi connectivity index (χ0v) is 23.7. The van der Waals surface area contributed by atoms with Crippen LogP contribution in [0.25, 0.3) is 22.8 Å². The third-order valence-corrected chi connectivity index (χ3v) is 7.95. The topological polar surface area (TPSA) is 112 Å². The number of carboxylic acid groups (broad SMARTS) is 1. The van der Waals surface area contributed by atoms with Crippen molar-refractivity contribution in [2.75, 3.05) is 19.7 Å². The van der Waals surface area contributed by atoms with Gasteiger partial charge in [0.05, 0.1) is 12.0 Å². The Morgan fingerprint density at radius 1 is 1.02 bits per heavy atom. The van der Waals surface area contributed by atoms with Gasteiger partial charge in [-0.2, -0.15) is 5.10 Å². The van der Waals surface area contributed by atoms with Gasteiger partial charge in [0.1, 0.15) is 11.5 Å². The summed E-state index contributed by atoms with van der Waals surface area (Å²) >= 11 is 0. The van der Waals surface area contributed by atoms with Crippen LogP contribution in [0.3, 0.4) is 0 Å². The fourth-order valence-corrected chi connectivity index (χ4v) is 5.45. The summed E-state index contributed by atoms with van der Waals surface area (Å²) in [4.78, 5) is 19.2. The standard InChI is InChI=1S/C33H38N4O4/c1-23(2)20-26-12-13-27(21-29(26)38)31-34-30(35-36-31)25-10-8-24(9-11-25)22-37-17-14-33(15-18-37,32(39)40)16-19-41-28-6-4-3-5-7-28/h3-13,21,23,38H,14-20,22H2,1-2H3,(H,39,40)(H,34,35,36). The minimum atomic E-state index is -0.745. The number of H-pyrrole nitrogens is 1. The second kappa shape index (κ2) is 12.6. The highest BCUT2D eigenvalue weighted by molar-refractivity contribution is 5.74. The minimum absolute atomic E-state index is 0.269. The van der Waals surface area contributed by atoms with Crippen molar-refractivity contribution < 1.29 is 19.7 Å². The lowest BCUT2D eigenvalue weighted by atomic mass is 9.76. The molecule has 41 heavy (non-hydrogen) atoms. The van der Waals surface area contributed by atoms with Crippen LogP contribution in [0.4, 0.5) is 0 Å². The molecular weight excluding hydrogens is 516 g/mol. The van der Waals surface area contributed by atoms with E-state index >= 15 is 0 Å². The van der Waals surface area contributed by atoms with E-state index in [1.165, 1.54) is 0 Å². The van der Waals surface area contributed by atoms with Crippen molar-refractivity contribution in [2.24, 2.45) is 11.3 Å². The van der Waals surface area contributed by atoms with E-state index in [1.807, 2.05) is 54.6 Å². The second-order valence-corrected chi connectivity index (χ2v) is 11.4. The number of aromatic nitrogens is 3. The number of carbonyl (C=O) groups is 1. The first-order valence-electron chi connectivity index (χ1n) is 14.3. The molecule has 1 aliphatic heterocycles. The predicted octanol–water partition coefficient (Wildman–Crippen LogP) is 6.18. The Bertz CT molecular complexity index is 1440. The number of aliphatic carboxylic acids is 1. The van der Waals surface area contributed by atoms with Gasteiger partial charge in [0.15, 0.2) is 11.6 Å². The van der Waals surface area contributed by atoms with Gasteiger partial charge in [-0.1, -0.05) is 68.4 Å². The van der Waals surface area contributed by atoms with Crippen LogP contribution in [-0.2, 0) is 17.8 Å². The number of aromatic hydroxyl groups is 1. The summed E-state index contributed by atoms with van der Waals surface area (Å²) in [5.41, 5.74) is 3.03. The zero-order valence-electron chi connectivity index (χ0n) is 23.7. The number of para-hydroxylation sites is 1. The lowest BCUT2D eigenvalue weighted by Gasteiger charge is -2.39. The summed E-state index contributed by atoms with van der Waals surface area (Å²) in [5, 5.41) is 27.8. The van der Waals surface area contributed by atoms with Gasteiger partial charge in [0, 0.05) is 17.7 Å². The molecule has 0 saturated carbocycles. The van der Waals surface area contributed by atoms with Crippen LogP contribution in [0, 0.1) is 11.3 Å². The summed E-state index contributed by atoms with van der Waals surface area (Å²) in [6.45, 7) is 6.87. The number of aromatic amines is 1. The molecule has 5 rings (SSSR count). The summed E-state index contributed by atoms with van der Waals surface area (Å²) in [6.07, 6.45) is 2.53. The van der Waals surface area contributed by atoms with Crippen LogP contribution >= 0.6 is 0 Å². The van der Waals surface area contributed by atoms with Crippen LogP contribution in [0.2, 0.25) is 0 Å². The van der Waals surface area contributed by atoms with Gasteiger partial charge in [0.25, 0.3) is 0 Å². The normalized spacial score (nSPS) is 15.2. The number of benzene rings is 3. The lowest BCUT2D eigenvalue weighted by molar-refractivity contribution is -0.153. The maximum atomic E-state index is 12.2. The van der Waals surface area contributed by atoms with Crippen molar-refractivity contribution in [1.29, 1.82) is 0 Å². The smallest absolute Gasteiger partial charge is 0.309 e. The molecule has 1 saturated heterocycles. The maximum absolute atomic E-state index is 12.2. The molecule has 0 radical (unpaired) electrons. The average molecular weight is 555 g/mol. The summed E-state index contributed by atoms with van der Waals surface area (Å²) in [6, 6.07) is 23.4. The predicted molar refractivity (Wildman–Crippen MR) is 159 cm³/mol. The molecule has 4 aromatic rings. The van der Waals surface area contributed by atoms with Crippen LogP contribution < -0.4 is 4.74 Å². The first-order valence-corrected chi connectivity index (χ1v) is 14.3. The first-order chi connectivity index (χ1) is 19.8. The molecule has 3 N–H and O–H groups in total. The van der Waals surface area contributed by atoms with Gasteiger partial charge in [-0.05, 0) is 74.0 Å². The molecule has 3 aromatic carbocycles. The molecule has 8 nitrogen and oxygen atoms in total. The molecular formula is C33H38N4O4. The molecule has 2 heterocycles. The summed E-state index contributed by atoms with van der Waals surface area (Å²) in [5.74, 6) is 1.98. The number of carboxylic acids is 1. The largest absolute Gasteiger partial charge is 0.508 e. The number of nitrogens with one attached hydrogen (secondary N) is 1. The average Bonchev–Trinajstić information content (AvgIpc) is 3.46. The van der Waals surface area contributed by atoms with E-state index in [1.54, 1.807) is 6.07 Å².